The highest BCUT2D eigenvalue weighted by Gasteiger charge is 2.14. The summed E-state index contributed by atoms with van der Waals surface area (Å²) >= 11 is 0. The lowest BCUT2D eigenvalue weighted by Crippen LogP contribution is -2.08. The number of benzene rings is 1. The number of hydrogen-bond acceptors (Lipinski definition) is 3. The second-order valence-electron chi connectivity index (χ2n) is 3.32. The van der Waals surface area contributed by atoms with Gasteiger partial charge in [0.15, 0.2) is 0 Å². The van der Waals surface area contributed by atoms with E-state index in [9.17, 15) is 19.3 Å². The van der Waals surface area contributed by atoms with Crippen LogP contribution in [0.3, 0.4) is 0 Å². The van der Waals surface area contributed by atoms with Crippen molar-refractivity contribution in [2.75, 3.05) is 0 Å². The minimum Gasteiger partial charge on any atom is -0.369 e. The highest BCUT2D eigenvalue weighted by Crippen LogP contribution is 2.21. The van der Waals surface area contributed by atoms with Crippen LogP contribution < -0.4 is 5.73 Å². The number of primary amides is 1. The Morgan fingerprint density at radius 1 is 1.59 bits per heavy atom. The SMILES string of the molecule is Cc1cc(F)c(C#CCC(N)=O)cc1[N+](=O)[O-]. The van der Waals surface area contributed by atoms with Gasteiger partial charge in [-0.2, -0.15) is 0 Å². The van der Waals surface area contributed by atoms with Crippen molar-refractivity contribution in [1.82, 2.24) is 0 Å². The van der Waals surface area contributed by atoms with Gasteiger partial charge in [0.05, 0.1) is 16.9 Å². The number of nitrogens with two attached hydrogens (primary N) is 1. The largest absolute Gasteiger partial charge is 0.369 e. The van der Waals surface area contributed by atoms with Gasteiger partial charge in [0, 0.05) is 11.6 Å². The van der Waals surface area contributed by atoms with Gasteiger partial charge in [-0.1, -0.05) is 11.8 Å². The van der Waals surface area contributed by atoms with Crippen molar-refractivity contribution < 1.29 is 14.1 Å². The molecule has 0 spiro atoms. The molecule has 0 aromatic heterocycles. The molecule has 1 amide bonds. The molecule has 0 radical (unpaired) electrons. The van der Waals surface area contributed by atoms with Gasteiger partial charge in [-0.15, -0.1) is 0 Å². The van der Waals surface area contributed by atoms with Gasteiger partial charge in [-0.3, -0.25) is 14.9 Å². The molecule has 0 aliphatic heterocycles. The third-order valence-electron chi connectivity index (χ3n) is 1.97. The highest BCUT2D eigenvalue weighted by atomic mass is 19.1. The van der Waals surface area contributed by atoms with Gasteiger partial charge in [0.1, 0.15) is 5.82 Å². The molecule has 0 aliphatic carbocycles. The first-order valence-corrected chi connectivity index (χ1v) is 4.63. The standard InChI is InChI=1S/C11H9FN2O3/c1-7-5-9(12)8(3-2-4-11(13)15)6-10(7)14(16)17/h5-6H,4H2,1H3,(H2,13,15). The molecule has 1 aromatic carbocycles. The second-order valence-corrected chi connectivity index (χ2v) is 3.32. The van der Waals surface area contributed by atoms with Crippen LogP contribution in [0.15, 0.2) is 12.1 Å². The Morgan fingerprint density at radius 2 is 2.24 bits per heavy atom. The van der Waals surface area contributed by atoms with E-state index in [1.807, 2.05) is 0 Å². The number of nitrogens with zero attached hydrogens (tertiary/aromatic N) is 1. The molecule has 2 N–H and O–H groups in total. The van der Waals surface area contributed by atoms with Gasteiger partial charge in [-0.25, -0.2) is 4.39 Å². The number of aryl methyl sites for hydroxylation is 1. The minimum absolute atomic E-state index is 0.122. The maximum absolute atomic E-state index is 13.4. The Kier molecular flexibility index (Phi) is 3.78. The van der Waals surface area contributed by atoms with Crippen molar-refractivity contribution >= 4 is 11.6 Å². The summed E-state index contributed by atoms with van der Waals surface area (Å²) in [6.45, 7) is 1.43. The molecule has 88 valence electrons. The zero-order chi connectivity index (χ0) is 13.0. The fourth-order valence-electron chi connectivity index (χ4n) is 1.18. The van der Waals surface area contributed by atoms with E-state index in [0.29, 0.717) is 0 Å². The lowest BCUT2D eigenvalue weighted by atomic mass is 10.1. The predicted molar refractivity (Wildman–Crippen MR) is 58.5 cm³/mol. The number of halogens is 1. The zero-order valence-electron chi connectivity index (χ0n) is 8.99. The molecule has 17 heavy (non-hydrogen) atoms. The summed E-state index contributed by atoms with van der Waals surface area (Å²) in [5, 5.41) is 10.6. The molecule has 5 nitrogen and oxygen atoms in total. The summed E-state index contributed by atoms with van der Waals surface area (Å²) in [6.07, 6.45) is -0.221. The van der Waals surface area contributed by atoms with Gasteiger partial charge in [0.2, 0.25) is 5.91 Å². The monoisotopic (exact) mass is 236 g/mol. The lowest BCUT2D eigenvalue weighted by molar-refractivity contribution is -0.385. The van der Waals surface area contributed by atoms with Crippen LogP contribution in [0.4, 0.5) is 10.1 Å². The van der Waals surface area contributed by atoms with E-state index in [4.69, 9.17) is 5.73 Å². The normalized spacial score (nSPS) is 9.29. The third kappa shape index (κ3) is 3.28. The van der Waals surface area contributed by atoms with Gasteiger partial charge in [-0.05, 0) is 13.0 Å². The Bertz CT molecular complexity index is 544. The molecule has 0 unspecified atom stereocenters. The zero-order valence-corrected chi connectivity index (χ0v) is 8.99. The fourth-order valence-corrected chi connectivity index (χ4v) is 1.18. The van der Waals surface area contributed by atoms with Crippen LogP contribution in [0.2, 0.25) is 0 Å². The predicted octanol–water partition coefficient (Wildman–Crippen LogP) is 1.27. The molecule has 0 heterocycles. The van der Waals surface area contributed by atoms with Crippen molar-refractivity contribution in [3.05, 3.63) is 39.2 Å². The van der Waals surface area contributed by atoms with Crippen LogP contribution in [-0.4, -0.2) is 10.8 Å². The molecule has 6 heteroatoms. The number of nitro groups is 1. The van der Waals surface area contributed by atoms with Crippen molar-refractivity contribution in [2.24, 2.45) is 5.73 Å². The molecule has 0 aliphatic rings. The number of rotatable bonds is 2. The van der Waals surface area contributed by atoms with Gasteiger partial charge >= 0.3 is 0 Å². The molecule has 1 rings (SSSR count). The first-order chi connectivity index (χ1) is 7.91. The summed E-state index contributed by atoms with van der Waals surface area (Å²) < 4.78 is 13.4. The molecule has 0 atom stereocenters. The average Bonchev–Trinajstić information content (AvgIpc) is 2.20. The highest BCUT2D eigenvalue weighted by molar-refractivity contribution is 5.76. The van der Waals surface area contributed by atoms with Crippen molar-refractivity contribution in [1.29, 1.82) is 0 Å². The Morgan fingerprint density at radius 3 is 2.76 bits per heavy atom. The number of amides is 1. The summed E-state index contributed by atoms with van der Waals surface area (Å²) in [5.74, 6) is 3.38. The molecule has 0 bridgehead atoms. The minimum atomic E-state index is -0.662. The number of hydrogen-bond donors (Lipinski definition) is 1. The molecular formula is C11H9FN2O3. The van der Waals surface area contributed by atoms with Crippen LogP contribution in [0.25, 0.3) is 0 Å². The van der Waals surface area contributed by atoms with E-state index in [1.54, 1.807) is 0 Å². The first kappa shape index (κ1) is 12.6. The van der Waals surface area contributed by atoms with Crippen molar-refractivity contribution in [3.8, 4) is 11.8 Å². The fraction of sp³-hybridized carbons (Fsp3) is 0.182. The third-order valence-corrected chi connectivity index (χ3v) is 1.97. The van der Waals surface area contributed by atoms with E-state index in [1.165, 1.54) is 6.92 Å². The topological polar surface area (TPSA) is 86.2 Å². The summed E-state index contributed by atoms with van der Waals surface area (Å²) in [4.78, 5) is 20.4. The maximum Gasteiger partial charge on any atom is 0.273 e. The maximum atomic E-state index is 13.4. The van der Waals surface area contributed by atoms with Crippen LogP contribution in [-0.2, 0) is 4.79 Å². The Balaban J connectivity index is 3.15. The summed E-state index contributed by atoms with van der Waals surface area (Å²) in [7, 11) is 0. The lowest BCUT2D eigenvalue weighted by Gasteiger charge is -1.99. The van der Waals surface area contributed by atoms with Crippen LogP contribution in [0, 0.1) is 34.7 Å². The van der Waals surface area contributed by atoms with E-state index in [0.717, 1.165) is 12.1 Å². The quantitative estimate of drug-likeness (QED) is 0.476. The molecule has 1 aromatic rings. The van der Waals surface area contributed by atoms with Gasteiger partial charge < -0.3 is 5.73 Å². The van der Waals surface area contributed by atoms with E-state index >= 15 is 0 Å². The number of nitro benzene ring substituents is 1. The summed E-state index contributed by atoms with van der Waals surface area (Å²) in [6, 6.07) is 2.07. The molecule has 0 saturated carbocycles. The average molecular weight is 236 g/mol. The van der Waals surface area contributed by atoms with E-state index in [-0.39, 0.29) is 23.2 Å². The number of carbonyl (C=O) groups is 1. The summed E-state index contributed by atoms with van der Waals surface area (Å²) in [5.41, 5.74) is 4.73. The molecule has 0 fully saturated rings. The van der Waals surface area contributed by atoms with Crippen LogP contribution >= 0.6 is 0 Å². The molecule has 0 saturated heterocycles. The molecular weight excluding hydrogens is 227 g/mol. The van der Waals surface area contributed by atoms with Gasteiger partial charge in [0.25, 0.3) is 5.69 Å². The number of carbonyl (C=O) groups excluding carboxylic acids is 1. The van der Waals surface area contributed by atoms with Crippen LogP contribution in [0.1, 0.15) is 17.5 Å². The second kappa shape index (κ2) is 5.07. The van der Waals surface area contributed by atoms with Crippen LogP contribution in [0.5, 0.6) is 0 Å². The van der Waals surface area contributed by atoms with E-state index in [2.05, 4.69) is 11.8 Å². The van der Waals surface area contributed by atoms with E-state index < -0.39 is 16.6 Å². The Labute approximate surface area is 96.6 Å². The van der Waals surface area contributed by atoms with Crippen molar-refractivity contribution in [2.45, 2.75) is 13.3 Å². The smallest absolute Gasteiger partial charge is 0.273 e. The first-order valence-electron chi connectivity index (χ1n) is 4.63. The van der Waals surface area contributed by atoms with Crippen molar-refractivity contribution in [3.63, 3.8) is 0 Å². The Hall–Kier alpha value is -2.42.